The van der Waals surface area contributed by atoms with Crippen LogP contribution in [0.2, 0.25) is 0 Å². The lowest BCUT2D eigenvalue weighted by Gasteiger charge is -2.13. The predicted octanol–water partition coefficient (Wildman–Crippen LogP) is 5.50. The molecule has 1 amide bonds. The Morgan fingerprint density at radius 1 is 1.26 bits per heavy atom. The van der Waals surface area contributed by atoms with Crippen molar-refractivity contribution < 1.29 is 14.6 Å². The molecule has 0 radical (unpaired) electrons. The van der Waals surface area contributed by atoms with E-state index in [0.29, 0.717) is 29.5 Å². The second kappa shape index (κ2) is 9.58. The second-order valence-electron chi connectivity index (χ2n) is 6.19. The molecule has 0 aromatic heterocycles. The zero-order valence-electron chi connectivity index (χ0n) is 14.8. The average Bonchev–Trinajstić information content (AvgIpc) is 2.60. The lowest BCUT2D eigenvalue weighted by molar-refractivity contribution is -0.112. The number of hydrogen-bond acceptors (Lipinski definition) is 4. The fraction of sp³-hybridized carbons (Fsp3) is 0.200. The molecule has 2 aromatic rings. The molecule has 0 spiro atoms. The third kappa shape index (κ3) is 6.12. The molecule has 27 heavy (non-hydrogen) atoms. The summed E-state index contributed by atoms with van der Waals surface area (Å²) in [6.07, 6.45) is 1.50. The molecule has 2 rings (SSSR count). The molecule has 0 heterocycles. The van der Waals surface area contributed by atoms with Crippen LogP contribution in [-0.4, -0.2) is 17.6 Å². The third-order valence-corrected chi connectivity index (χ3v) is 4.56. The van der Waals surface area contributed by atoms with E-state index in [1.165, 1.54) is 18.2 Å². The Morgan fingerprint density at radius 3 is 2.37 bits per heavy atom. The monoisotopic (exact) mass is 492 g/mol. The van der Waals surface area contributed by atoms with Crippen molar-refractivity contribution in [3.05, 3.63) is 56.5 Å². The van der Waals surface area contributed by atoms with Crippen molar-refractivity contribution in [3.8, 4) is 17.6 Å². The molecule has 0 unspecified atom stereocenters. The minimum Gasteiger partial charge on any atom is -0.508 e. The van der Waals surface area contributed by atoms with Crippen LogP contribution in [-0.2, 0) is 4.79 Å². The van der Waals surface area contributed by atoms with Gasteiger partial charge in [-0.1, -0.05) is 13.8 Å². The Bertz CT molecular complexity index is 877. The van der Waals surface area contributed by atoms with E-state index in [2.05, 4.69) is 51.0 Å². The van der Waals surface area contributed by atoms with E-state index in [-0.39, 0.29) is 11.3 Å². The van der Waals surface area contributed by atoms with Gasteiger partial charge in [-0.15, -0.1) is 0 Å². The standard InChI is InChI=1S/C20H18Br2N2O3/c1-12(2)11-27-19-17(21)8-13(9-18(19)22)7-14(10-23)20(26)24-15-3-5-16(25)6-4-15/h3-9,12,25H,11H2,1-2H3,(H,24,26)/b14-7+. The van der Waals surface area contributed by atoms with Crippen molar-refractivity contribution in [2.24, 2.45) is 5.92 Å². The fourth-order valence-electron chi connectivity index (χ4n) is 2.11. The number of halogens is 2. The number of anilines is 1. The van der Waals surface area contributed by atoms with Crippen molar-refractivity contribution >= 4 is 49.5 Å². The second-order valence-corrected chi connectivity index (χ2v) is 7.90. The summed E-state index contributed by atoms with van der Waals surface area (Å²) in [6, 6.07) is 11.5. The number of ether oxygens (including phenoxy) is 1. The Balaban J connectivity index is 2.22. The van der Waals surface area contributed by atoms with E-state index in [0.717, 1.165) is 8.95 Å². The van der Waals surface area contributed by atoms with E-state index < -0.39 is 5.91 Å². The molecule has 0 aliphatic rings. The maximum Gasteiger partial charge on any atom is 0.266 e. The number of nitrogens with one attached hydrogen (secondary N) is 1. The molecule has 0 fully saturated rings. The van der Waals surface area contributed by atoms with Gasteiger partial charge in [-0.3, -0.25) is 4.79 Å². The van der Waals surface area contributed by atoms with Gasteiger partial charge < -0.3 is 15.2 Å². The molecule has 7 heteroatoms. The summed E-state index contributed by atoms with van der Waals surface area (Å²) >= 11 is 6.93. The van der Waals surface area contributed by atoms with Gasteiger partial charge in [0, 0.05) is 5.69 Å². The first-order valence-corrected chi connectivity index (χ1v) is 9.72. The van der Waals surface area contributed by atoms with Crippen molar-refractivity contribution in [3.63, 3.8) is 0 Å². The SMILES string of the molecule is CC(C)COc1c(Br)cc(/C=C(\C#N)C(=O)Nc2ccc(O)cc2)cc1Br. The van der Waals surface area contributed by atoms with Crippen LogP contribution in [0.4, 0.5) is 5.69 Å². The topological polar surface area (TPSA) is 82.3 Å². The molecule has 0 aliphatic heterocycles. The summed E-state index contributed by atoms with van der Waals surface area (Å²) < 4.78 is 7.22. The highest BCUT2D eigenvalue weighted by atomic mass is 79.9. The highest BCUT2D eigenvalue weighted by Crippen LogP contribution is 2.35. The number of rotatable bonds is 6. The summed E-state index contributed by atoms with van der Waals surface area (Å²) in [5.41, 5.74) is 1.11. The predicted molar refractivity (Wildman–Crippen MR) is 113 cm³/mol. The van der Waals surface area contributed by atoms with Gasteiger partial charge >= 0.3 is 0 Å². The number of nitriles is 1. The molecule has 0 bridgehead atoms. The Morgan fingerprint density at radius 2 is 1.85 bits per heavy atom. The van der Waals surface area contributed by atoms with Gasteiger partial charge in [0.25, 0.3) is 5.91 Å². The zero-order chi connectivity index (χ0) is 20.0. The van der Waals surface area contributed by atoms with Crippen LogP contribution in [0.3, 0.4) is 0 Å². The molecule has 2 N–H and O–H groups in total. The van der Waals surface area contributed by atoms with Gasteiger partial charge in [-0.2, -0.15) is 5.26 Å². The first kappa shape index (κ1) is 21.0. The first-order valence-electron chi connectivity index (χ1n) is 8.14. The lowest BCUT2D eigenvalue weighted by Crippen LogP contribution is -2.13. The number of phenolic OH excluding ortho intramolecular Hbond substituents is 1. The number of nitrogens with zero attached hydrogens (tertiary/aromatic N) is 1. The van der Waals surface area contributed by atoms with E-state index in [1.807, 2.05) is 6.07 Å². The quantitative estimate of drug-likeness (QED) is 0.316. The van der Waals surface area contributed by atoms with Crippen molar-refractivity contribution in [1.82, 2.24) is 0 Å². The lowest BCUT2D eigenvalue weighted by atomic mass is 10.1. The molecule has 5 nitrogen and oxygen atoms in total. The van der Waals surface area contributed by atoms with E-state index >= 15 is 0 Å². The Kier molecular flexibility index (Phi) is 7.45. The van der Waals surface area contributed by atoms with Crippen molar-refractivity contribution in [1.29, 1.82) is 5.26 Å². The number of carbonyl (C=O) groups excluding carboxylic acids is 1. The maximum atomic E-state index is 12.3. The number of aromatic hydroxyl groups is 1. The van der Waals surface area contributed by atoms with Crippen LogP contribution in [0.15, 0.2) is 50.9 Å². The molecule has 0 saturated carbocycles. The first-order chi connectivity index (χ1) is 12.8. The number of hydrogen-bond donors (Lipinski definition) is 2. The minimum atomic E-state index is -0.532. The highest BCUT2D eigenvalue weighted by Gasteiger charge is 2.13. The summed E-state index contributed by atoms with van der Waals surface area (Å²) in [7, 11) is 0. The van der Waals surface area contributed by atoms with Crippen molar-refractivity contribution in [2.45, 2.75) is 13.8 Å². The van der Waals surface area contributed by atoms with Gasteiger partial charge in [0.1, 0.15) is 23.1 Å². The molecule has 0 saturated heterocycles. The number of benzene rings is 2. The zero-order valence-corrected chi connectivity index (χ0v) is 18.0. The van der Waals surface area contributed by atoms with Crippen LogP contribution in [0, 0.1) is 17.2 Å². The van der Waals surface area contributed by atoms with Crippen LogP contribution in [0.1, 0.15) is 19.4 Å². The molecule has 140 valence electrons. The number of carbonyl (C=O) groups is 1. The van der Waals surface area contributed by atoms with Gasteiger partial charge in [0.05, 0.1) is 15.6 Å². The summed E-state index contributed by atoms with van der Waals surface area (Å²) in [4.78, 5) is 12.3. The minimum absolute atomic E-state index is 0.0438. The van der Waals surface area contributed by atoms with Gasteiger partial charge in [-0.25, -0.2) is 0 Å². The summed E-state index contributed by atoms with van der Waals surface area (Å²) in [5, 5.41) is 21.3. The van der Waals surface area contributed by atoms with E-state index in [1.54, 1.807) is 24.3 Å². The smallest absolute Gasteiger partial charge is 0.266 e. The van der Waals surface area contributed by atoms with Gasteiger partial charge in [0.2, 0.25) is 0 Å². The normalized spacial score (nSPS) is 11.2. The highest BCUT2D eigenvalue weighted by molar-refractivity contribution is 9.11. The van der Waals surface area contributed by atoms with Crippen LogP contribution in [0.25, 0.3) is 6.08 Å². The maximum absolute atomic E-state index is 12.3. The van der Waals surface area contributed by atoms with E-state index in [9.17, 15) is 15.2 Å². The third-order valence-electron chi connectivity index (χ3n) is 3.38. The molecule has 0 aliphatic carbocycles. The van der Waals surface area contributed by atoms with Gasteiger partial charge in [0.15, 0.2) is 0 Å². The number of phenols is 1. The Labute approximate surface area is 174 Å². The largest absolute Gasteiger partial charge is 0.508 e. The molecular weight excluding hydrogens is 476 g/mol. The van der Waals surface area contributed by atoms with Crippen LogP contribution in [0.5, 0.6) is 11.5 Å². The fourth-order valence-corrected chi connectivity index (χ4v) is 3.56. The summed E-state index contributed by atoms with van der Waals surface area (Å²) in [5.74, 6) is 0.624. The average molecular weight is 494 g/mol. The number of amides is 1. The van der Waals surface area contributed by atoms with Gasteiger partial charge in [-0.05, 0) is 85.8 Å². The molecule has 2 aromatic carbocycles. The summed E-state index contributed by atoms with van der Waals surface area (Å²) in [6.45, 7) is 4.69. The molecular formula is C20H18Br2N2O3. The Hall–Kier alpha value is -2.30. The van der Waals surface area contributed by atoms with Crippen LogP contribution < -0.4 is 10.1 Å². The molecule has 0 atom stereocenters. The van der Waals surface area contributed by atoms with E-state index in [4.69, 9.17) is 4.74 Å². The van der Waals surface area contributed by atoms with Crippen LogP contribution >= 0.6 is 31.9 Å². The van der Waals surface area contributed by atoms with Crippen molar-refractivity contribution in [2.75, 3.05) is 11.9 Å².